The van der Waals surface area contributed by atoms with Crippen LogP contribution in [0.1, 0.15) is 0 Å². The van der Waals surface area contributed by atoms with E-state index < -0.39 is 0 Å². The van der Waals surface area contributed by atoms with Crippen LogP contribution in [0.2, 0.25) is 0 Å². The second-order valence-electron chi connectivity index (χ2n) is 2.87. The summed E-state index contributed by atoms with van der Waals surface area (Å²) in [7, 11) is 0. The Kier molecular flexibility index (Phi) is 1.14. The van der Waals surface area contributed by atoms with E-state index in [1.165, 1.54) is 5.39 Å². The molecule has 0 amide bonds. The van der Waals surface area contributed by atoms with Gasteiger partial charge in [-0.2, -0.15) is 0 Å². The monoisotopic (exact) mass is 170 g/mol. The minimum absolute atomic E-state index is 0.866. The van der Waals surface area contributed by atoms with Crippen LogP contribution < -0.4 is 0 Å². The lowest BCUT2D eigenvalue weighted by Crippen LogP contribution is -1.87. The summed E-state index contributed by atoms with van der Waals surface area (Å²) in [6.07, 6.45) is 3.63. The van der Waals surface area contributed by atoms with Crippen molar-refractivity contribution in [1.29, 1.82) is 0 Å². The first-order valence-corrected chi connectivity index (χ1v) is 3.99. The van der Waals surface area contributed by atoms with Crippen LogP contribution in [0.5, 0.6) is 0 Å². The quantitative estimate of drug-likeness (QED) is 0.556. The molecular formula is C9H6N4. The maximum Gasteiger partial charge on any atom is 0.0984 e. The van der Waals surface area contributed by atoms with Gasteiger partial charge in [-0.05, 0) is 17.3 Å². The molecule has 1 aromatic carbocycles. The molecule has 0 fully saturated rings. The number of nitrogens with one attached hydrogen (secondary N) is 1. The predicted octanol–water partition coefficient (Wildman–Crippen LogP) is 1.51. The lowest BCUT2D eigenvalue weighted by molar-refractivity contribution is 0.896. The molecule has 62 valence electrons. The second kappa shape index (κ2) is 2.26. The van der Waals surface area contributed by atoms with Crippen molar-refractivity contribution in [2.75, 3.05) is 0 Å². The average molecular weight is 170 g/mol. The van der Waals surface area contributed by atoms with Gasteiger partial charge in [0.05, 0.1) is 17.2 Å². The van der Waals surface area contributed by atoms with Gasteiger partial charge in [-0.15, -0.1) is 10.2 Å². The second-order valence-corrected chi connectivity index (χ2v) is 2.87. The van der Waals surface area contributed by atoms with Crippen LogP contribution in [0.15, 0.2) is 30.6 Å². The number of benzene rings is 1. The molecule has 0 bridgehead atoms. The Balaban J connectivity index is 2.65. The Morgan fingerprint density at radius 1 is 1.15 bits per heavy atom. The van der Waals surface area contributed by atoms with E-state index >= 15 is 0 Å². The normalized spacial score (nSPS) is 11.1. The van der Waals surface area contributed by atoms with Gasteiger partial charge in [0.1, 0.15) is 0 Å². The fraction of sp³-hybridized carbons (Fsp3) is 0. The van der Waals surface area contributed by atoms with E-state index in [9.17, 15) is 0 Å². The van der Waals surface area contributed by atoms with Crippen LogP contribution in [-0.2, 0) is 0 Å². The molecule has 4 heteroatoms. The number of aromatic nitrogens is 4. The van der Waals surface area contributed by atoms with Crippen molar-refractivity contribution >= 4 is 21.8 Å². The molecule has 0 aliphatic rings. The number of nitrogens with zero attached hydrogens (tertiary/aromatic N) is 3. The van der Waals surface area contributed by atoms with Gasteiger partial charge in [0.2, 0.25) is 0 Å². The minimum Gasteiger partial charge on any atom is -0.361 e. The summed E-state index contributed by atoms with van der Waals surface area (Å²) < 4.78 is 0. The number of fused-ring (bicyclic) bond motifs is 3. The number of hydrogen-bond acceptors (Lipinski definition) is 3. The Morgan fingerprint density at radius 3 is 3.15 bits per heavy atom. The zero-order valence-electron chi connectivity index (χ0n) is 6.73. The average Bonchev–Trinajstić information content (AvgIpc) is 2.65. The summed E-state index contributed by atoms with van der Waals surface area (Å²) in [6, 6.07) is 5.98. The van der Waals surface area contributed by atoms with Crippen LogP contribution in [-0.4, -0.2) is 20.4 Å². The van der Waals surface area contributed by atoms with Gasteiger partial charge in [0, 0.05) is 17.0 Å². The molecule has 0 spiro atoms. The first-order chi connectivity index (χ1) is 6.45. The lowest BCUT2D eigenvalue weighted by Gasteiger charge is -1.95. The lowest BCUT2D eigenvalue weighted by atomic mass is 10.2. The zero-order chi connectivity index (χ0) is 8.67. The first-order valence-electron chi connectivity index (χ1n) is 3.99. The molecule has 0 aliphatic heterocycles. The number of H-pyrrole nitrogens is 1. The van der Waals surface area contributed by atoms with Crippen LogP contribution in [0.4, 0.5) is 0 Å². The van der Waals surface area contributed by atoms with Crippen molar-refractivity contribution in [2.45, 2.75) is 0 Å². The highest BCUT2D eigenvalue weighted by Gasteiger charge is 2.01. The van der Waals surface area contributed by atoms with Gasteiger partial charge >= 0.3 is 0 Å². The molecule has 0 atom stereocenters. The molecule has 13 heavy (non-hydrogen) atoms. The Labute approximate surface area is 73.6 Å². The summed E-state index contributed by atoms with van der Waals surface area (Å²) in [5.41, 5.74) is 1.94. The molecular weight excluding hydrogens is 164 g/mol. The molecule has 0 saturated heterocycles. The third-order valence-corrected chi connectivity index (χ3v) is 2.14. The summed E-state index contributed by atoms with van der Waals surface area (Å²) in [5.74, 6) is 0. The molecule has 0 aliphatic carbocycles. The van der Waals surface area contributed by atoms with Crippen LogP contribution in [0, 0.1) is 0 Å². The minimum atomic E-state index is 0.866. The fourth-order valence-electron chi connectivity index (χ4n) is 1.52. The van der Waals surface area contributed by atoms with E-state index in [4.69, 9.17) is 0 Å². The summed E-state index contributed by atoms with van der Waals surface area (Å²) in [4.78, 5) is 3.15. The summed E-state index contributed by atoms with van der Waals surface area (Å²) in [6.45, 7) is 0. The summed E-state index contributed by atoms with van der Waals surface area (Å²) in [5, 5.41) is 13.5. The van der Waals surface area contributed by atoms with Crippen LogP contribution >= 0.6 is 0 Å². The molecule has 3 rings (SSSR count). The highest BCUT2D eigenvalue weighted by atomic mass is 15.3. The van der Waals surface area contributed by atoms with Crippen LogP contribution in [0.25, 0.3) is 21.8 Å². The highest BCUT2D eigenvalue weighted by molar-refractivity contribution is 6.03. The number of aromatic amines is 1. The number of hydrogen-bond donors (Lipinski definition) is 1. The molecule has 0 saturated carbocycles. The van der Waals surface area contributed by atoms with Gasteiger partial charge in [0.25, 0.3) is 0 Å². The number of rotatable bonds is 0. The molecule has 4 nitrogen and oxygen atoms in total. The predicted molar refractivity (Wildman–Crippen MR) is 49.2 cm³/mol. The van der Waals surface area contributed by atoms with Crippen molar-refractivity contribution in [1.82, 2.24) is 20.4 Å². The van der Waals surface area contributed by atoms with Gasteiger partial charge in [-0.3, -0.25) is 0 Å². The van der Waals surface area contributed by atoms with E-state index in [1.807, 2.05) is 24.4 Å². The topological polar surface area (TPSA) is 54.5 Å². The third-order valence-electron chi connectivity index (χ3n) is 2.14. The maximum absolute atomic E-state index is 3.93. The molecule has 0 radical (unpaired) electrons. The van der Waals surface area contributed by atoms with E-state index in [1.54, 1.807) is 6.20 Å². The van der Waals surface area contributed by atoms with Gasteiger partial charge < -0.3 is 4.98 Å². The summed E-state index contributed by atoms with van der Waals surface area (Å²) >= 11 is 0. The molecule has 1 N–H and O–H groups in total. The Morgan fingerprint density at radius 2 is 2.15 bits per heavy atom. The Hall–Kier alpha value is -1.97. The third kappa shape index (κ3) is 0.823. The highest BCUT2D eigenvalue weighted by Crippen LogP contribution is 2.20. The smallest absolute Gasteiger partial charge is 0.0984 e. The molecule has 3 aromatic rings. The van der Waals surface area contributed by atoms with E-state index in [0.29, 0.717) is 0 Å². The van der Waals surface area contributed by atoms with Gasteiger partial charge in [0.15, 0.2) is 0 Å². The maximum atomic E-state index is 3.93. The van der Waals surface area contributed by atoms with Crippen molar-refractivity contribution in [3.05, 3.63) is 30.6 Å². The van der Waals surface area contributed by atoms with Crippen molar-refractivity contribution < 1.29 is 0 Å². The zero-order valence-corrected chi connectivity index (χ0v) is 6.73. The van der Waals surface area contributed by atoms with Crippen LogP contribution in [0.3, 0.4) is 0 Å². The fourth-order valence-corrected chi connectivity index (χ4v) is 1.52. The van der Waals surface area contributed by atoms with E-state index in [-0.39, 0.29) is 0 Å². The SMILES string of the molecule is c1cc2ccc3nnncc3c2[nH]1. The van der Waals surface area contributed by atoms with Gasteiger partial charge in [-0.1, -0.05) is 6.07 Å². The van der Waals surface area contributed by atoms with Crippen molar-refractivity contribution in [3.63, 3.8) is 0 Å². The van der Waals surface area contributed by atoms with Crippen molar-refractivity contribution in [2.24, 2.45) is 0 Å². The molecule has 2 aromatic heterocycles. The van der Waals surface area contributed by atoms with Gasteiger partial charge in [-0.25, -0.2) is 0 Å². The van der Waals surface area contributed by atoms with E-state index in [2.05, 4.69) is 20.4 Å². The standard InChI is InChI=1S/C9H6N4/c1-2-8-7(5-11-13-12-8)9-6(1)3-4-10-9/h1-5,10H. The van der Waals surface area contributed by atoms with E-state index in [0.717, 1.165) is 16.4 Å². The largest absolute Gasteiger partial charge is 0.361 e. The molecule has 2 heterocycles. The van der Waals surface area contributed by atoms with Crippen molar-refractivity contribution in [3.8, 4) is 0 Å². The Bertz CT molecular complexity index is 570. The molecule has 0 unspecified atom stereocenters. The first kappa shape index (κ1) is 6.54.